The third kappa shape index (κ3) is 6.38. The summed E-state index contributed by atoms with van der Waals surface area (Å²) in [6, 6.07) is 8.60. The Kier molecular flexibility index (Phi) is 7.92. The van der Waals surface area contributed by atoms with Crippen LogP contribution in [0.3, 0.4) is 0 Å². The van der Waals surface area contributed by atoms with Gasteiger partial charge in [0.05, 0.1) is 0 Å². The molecule has 1 aliphatic rings. The van der Waals surface area contributed by atoms with Crippen LogP contribution in [0, 0.1) is 0 Å². The summed E-state index contributed by atoms with van der Waals surface area (Å²) < 4.78 is 5.54. The van der Waals surface area contributed by atoms with Crippen molar-refractivity contribution in [1.29, 1.82) is 0 Å². The van der Waals surface area contributed by atoms with Gasteiger partial charge in [-0.3, -0.25) is 9.59 Å². The molecular formula is C19H27N3O4. The number of hydrogen-bond donors (Lipinski definition) is 2. The Bertz CT molecular complexity index is 600. The maximum Gasteiger partial charge on any atom is 0.312 e. The van der Waals surface area contributed by atoms with E-state index in [0.29, 0.717) is 31.6 Å². The average molecular weight is 361 g/mol. The zero-order valence-electron chi connectivity index (χ0n) is 15.0. The molecule has 1 fully saturated rings. The van der Waals surface area contributed by atoms with E-state index in [4.69, 9.17) is 10.5 Å². The molecule has 1 saturated heterocycles. The molecule has 3 N–H and O–H groups in total. The molecule has 2 rings (SSSR count). The van der Waals surface area contributed by atoms with Crippen molar-refractivity contribution in [3.05, 3.63) is 35.9 Å². The zero-order chi connectivity index (χ0) is 18.8. The smallest absolute Gasteiger partial charge is 0.312 e. The number of likely N-dealkylation sites (tertiary alicyclic amines) is 1. The summed E-state index contributed by atoms with van der Waals surface area (Å²) in [5.41, 5.74) is 5.68. The predicted octanol–water partition coefficient (Wildman–Crippen LogP) is 2.12. The number of carbonyl (C=O) groups is 3. The number of esters is 1. The first-order valence-electron chi connectivity index (χ1n) is 9.14. The molecule has 1 heterocycles. The lowest BCUT2D eigenvalue weighted by molar-refractivity contribution is -0.160. The molecule has 0 aliphatic carbocycles. The summed E-state index contributed by atoms with van der Waals surface area (Å²) in [5, 5.41) is 2.51. The molecule has 1 aliphatic heterocycles. The average Bonchev–Trinajstić information content (AvgIpc) is 3.17. The highest BCUT2D eigenvalue weighted by Gasteiger charge is 2.30. The van der Waals surface area contributed by atoms with Crippen LogP contribution in [0.15, 0.2) is 30.3 Å². The van der Waals surface area contributed by atoms with Crippen LogP contribution in [0.1, 0.15) is 50.2 Å². The number of hydrogen-bond acceptors (Lipinski definition) is 4. The second kappa shape index (κ2) is 10.4. The van der Waals surface area contributed by atoms with Crippen molar-refractivity contribution in [3.63, 3.8) is 0 Å². The number of urea groups is 1. The van der Waals surface area contributed by atoms with Crippen molar-refractivity contribution in [2.75, 3.05) is 19.6 Å². The lowest BCUT2D eigenvalue weighted by Crippen LogP contribution is -2.34. The number of carbonyl (C=O) groups excluding carboxylic acids is 3. The van der Waals surface area contributed by atoms with Crippen molar-refractivity contribution in [1.82, 2.24) is 10.2 Å². The van der Waals surface area contributed by atoms with Crippen LogP contribution in [-0.2, 0) is 14.3 Å². The SMILES string of the molecule is NC(=O)NCCCCCC(=O)O[C@@H](C(=O)N1CCCC1)c1ccccc1. The second-order valence-corrected chi connectivity index (χ2v) is 6.41. The molecule has 1 atom stereocenters. The number of primary amides is 1. The van der Waals surface area contributed by atoms with Crippen molar-refractivity contribution in [2.45, 2.75) is 44.6 Å². The maximum atomic E-state index is 12.8. The highest BCUT2D eigenvalue weighted by molar-refractivity contribution is 5.85. The minimum Gasteiger partial charge on any atom is -0.447 e. The van der Waals surface area contributed by atoms with Gasteiger partial charge in [0.25, 0.3) is 5.91 Å². The van der Waals surface area contributed by atoms with Crippen LogP contribution in [0.2, 0.25) is 0 Å². The van der Waals surface area contributed by atoms with Crippen LogP contribution >= 0.6 is 0 Å². The zero-order valence-corrected chi connectivity index (χ0v) is 15.0. The van der Waals surface area contributed by atoms with Gasteiger partial charge in [0.15, 0.2) is 0 Å². The van der Waals surface area contributed by atoms with E-state index in [-0.39, 0.29) is 18.3 Å². The molecule has 7 nitrogen and oxygen atoms in total. The summed E-state index contributed by atoms with van der Waals surface area (Å²) in [6.45, 7) is 1.92. The number of nitrogens with zero attached hydrogens (tertiary/aromatic N) is 1. The Morgan fingerprint density at radius 1 is 1.08 bits per heavy atom. The monoisotopic (exact) mass is 361 g/mol. The molecule has 3 amide bonds. The molecule has 7 heteroatoms. The van der Waals surface area contributed by atoms with E-state index in [1.54, 1.807) is 17.0 Å². The van der Waals surface area contributed by atoms with Gasteiger partial charge in [0, 0.05) is 31.6 Å². The summed E-state index contributed by atoms with van der Waals surface area (Å²) in [7, 11) is 0. The van der Waals surface area contributed by atoms with Gasteiger partial charge in [0.2, 0.25) is 6.10 Å². The van der Waals surface area contributed by atoms with Crippen molar-refractivity contribution in [3.8, 4) is 0 Å². The van der Waals surface area contributed by atoms with E-state index in [9.17, 15) is 14.4 Å². The Morgan fingerprint density at radius 2 is 1.77 bits per heavy atom. The van der Waals surface area contributed by atoms with E-state index in [1.165, 1.54) is 0 Å². The third-order valence-electron chi connectivity index (χ3n) is 4.35. The highest BCUT2D eigenvalue weighted by atomic mass is 16.5. The van der Waals surface area contributed by atoms with Gasteiger partial charge < -0.3 is 20.7 Å². The fourth-order valence-electron chi connectivity index (χ4n) is 2.97. The number of nitrogens with two attached hydrogens (primary N) is 1. The summed E-state index contributed by atoms with van der Waals surface area (Å²) in [6.07, 6.45) is 3.49. The van der Waals surface area contributed by atoms with E-state index in [0.717, 1.165) is 25.7 Å². The standard InChI is InChI=1S/C19H27N3O4/c20-19(25)21-12-6-2-5-11-16(23)26-17(15-9-3-1-4-10-15)18(24)22-13-7-8-14-22/h1,3-4,9-10,17H,2,5-8,11-14H2,(H3,20,21,25)/t17-/m1/s1. The topological polar surface area (TPSA) is 102 Å². The van der Waals surface area contributed by atoms with Gasteiger partial charge >= 0.3 is 12.0 Å². The first-order valence-corrected chi connectivity index (χ1v) is 9.14. The van der Waals surface area contributed by atoms with E-state index in [2.05, 4.69) is 5.32 Å². The van der Waals surface area contributed by atoms with E-state index < -0.39 is 12.1 Å². The number of ether oxygens (including phenoxy) is 1. The number of benzene rings is 1. The Morgan fingerprint density at radius 3 is 2.42 bits per heavy atom. The van der Waals surface area contributed by atoms with Crippen LogP contribution < -0.4 is 11.1 Å². The quantitative estimate of drug-likeness (QED) is 0.519. The number of unbranched alkanes of at least 4 members (excludes halogenated alkanes) is 2. The number of amides is 3. The Labute approximate surface area is 153 Å². The molecule has 0 unspecified atom stereocenters. The predicted molar refractivity (Wildman–Crippen MR) is 97.1 cm³/mol. The largest absolute Gasteiger partial charge is 0.447 e. The second-order valence-electron chi connectivity index (χ2n) is 6.41. The fraction of sp³-hybridized carbons (Fsp3) is 0.526. The van der Waals surface area contributed by atoms with Gasteiger partial charge in [-0.2, -0.15) is 0 Å². The lowest BCUT2D eigenvalue weighted by atomic mass is 10.1. The summed E-state index contributed by atoms with van der Waals surface area (Å²) >= 11 is 0. The molecule has 142 valence electrons. The highest BCUT2D eigenvalue weighted by Crippen LogP contribution is 2.23. The molecular weight excluding hydrogens is 334 g/mol. The fourth-order valence-corrected chi connectivity index (χ4v) is 2.97. The van der Waals surface area contributed by atoms with Gasteiger partial charge in [-0.05, 0) is 25.7 Å². The van der Waals surface area contributed by atoms with Crippen molar-refractivity contribution < 1.29 is 19.1 Å². The van der Waals surface area contributed by atoms with Gasteiger partial charge in [-0.1, -0.05) is 36.8 Å². The van der Waals surface area contributed by atoms with E-state index >= 15 is 0 Å². The van der Waals surface area contributed by atoms with Crippen molar-refractivity contribution in [2.24, 2.45) is 5.73 Å². The number of nitrogens with one attached hydrogen (secondary N) is 1. The third-order valence-corrected chi connectivity index (χ3v) is 4.35. The van der Waals surface area contributed by atoms with Gasteiger partial charge in [-0.25, -0.2) is 4.79 Å². The van der Waals surface area contributed by atoms with Gasteiger partial charge in [-0.15, -0.1) is 0 Å². The molecule has 0 saturated carbocycles. The first-order chi connectivity index (χ1) is 12.6. The normalized spacial score (nSPS) is 14.7. The molecule has 0 radical (unpaired) electrons. The van der Waals surface area contributed by atoms with Crippen LogP contribution in [0.4, 0.5) is 4.79 Å². The minimum absolute atomic E-state index is 0.146. The molecule has 1 aromatic carbocycles. The summed E-state index contributed by atoms with van der Waals surface area (Å²) in [5.74, 6) is -0.526. The Hall–Kier alpha value is -2.57. The molecule has 0 bridgehead atoms. The maximum absolute atomic E-state index is 12.8. The Balaban J connectivity index is 1.84. The minimum atomic E-state index is -0.877. The first kappa shape index (κ1) is 19.8. The lowest BCUT2D eigenvalue weighted by Gasteiger charge is -2.23. The van der Waals surface area contributed by atoms with Crippen molar-refractivity contribution >= 4 is 17.9 Å². The van der Waals surface area contributed by atoms with Crippen LogP contribution in [0.25, 0.3) is 0 Å². The molecule has 0 spiro atoms. The van der Waals surface area contributed by atoms with E-state index in [1.807, 2.05) is 18.2 Å². The molecule has 0 aromatic heterocycles. The van der Waals surface area contributed by atoms with Gasteiger partial charge in [0.1, 0.15) is 0 Å². The summed E-state index contributed by atoms with van der Waals surface area (Å²) in [4.78, 5) is 37.3. The van der Waals surface area contributed by atoms with Crippen LogP contribution in [-0.4, -0.2) is 42.4 Å². The molecule has 26 heavy (non-hydrogen) atoms. The molecule has 1 aromatic rings. The number of rotatable bonds is 9. The van der Waals surface area contributed by atoms with Crippen LogP contribution in [0.5, 0.6) is 0 Å².